The highest BCUT2D eigenvalue weighted by Crippen LogP contribution is 2.36. The molecule has 2 aromatic heterocycles. The molecule has 2 aromatic carbocycles. The van der Waals surface area contributed by atoms with Gasteiger partial charge in [-0.15, -0.1) is 11.3 Å². The van der Waals surface area contributed by atoms with Gasteiger partial charge >= 0.3 is 6.09 Å². The molecule has 12 heteroatoms. The summed E-state index contributed by atoms with van der Waals surface area (Å²) in [7, 11) is -4.19. The zero-order chi connectivity index (χ0) is 34.3. The van der Waals surface area contributed by atoms with Crippen LogP contribution in [0.2, 0.25) is 0 Å². The van der Waals surface area contributed by atoms with Gasteiger partial charge in [-0.3, -0.25) is 14.2 Å². The number of fused-ring (bicyclic) bond motifs is 1. The number of hydrogen-bond donors (Lipinski definition) is 1. The average molecular weight is 681 g/mol. The predicted molar refractivity (Wildman–Crippen MR) is 188 cm³/mol. The summed E-state index contributed by atoms with van der Waals surface area (Å²) in [6.45, 7) is 12.4. The molecule has 47 heavy (non-hydrogen) atoms. The molecule has 0 aliphatic rings. The molecule has 0 aliphatic carbocycles. The Morgan fingerprint density at radius 3 is 2.38 bits per heavy atom. The van der Waals surface area contributed by atoms with Crippen LogP contribution < -0.4 is 15.2 Å². The average Bonchev–Trinajstić information content (AvgIpc) is 3.44. The minimum atomic E-state index is -4.19. The summed E-state index contributed by atoms with van der Waals surface area (Å²) in [5.41, 5.74) is 3.05. The number of thiophene rings is 1. The molecule has 1 N–H and O–H groups in total. The molecular formula is C35H44N4O6S2. The SMILES string of the molecule is CCCCOC(=O)NS(=O)(=O)c1sc(CC(C)C)cc1-c1ccc(Cn2c(CCC)nc3ccc(N(CC)C(C)=O)cc3c2=O)cc1. The summed E-state index contributed by atoms with van der Waals surface area (Å²) in [5, 5.41) is 0.435. The Kier molecular flexibility index (Phi) is 12.0. The van der Waals surface area contributed by atoms with E-state index in [-0.39, 0.29) is 28.8 Å². The number of anilines is 1. The Bertz CT molecular complexity index is 1900. The van der Waals surface area contributed by atoms with Crippen molar-refractivity contribution in [3.8, 4) is 11.1 Å². The lowest BCUT2D eigenvalue weighted by Gasteiger charge is -2.20. The maximum atomic E-state index is 13.9. The number of aryl methyl sites for hydroxylation is 1. The lowest BCUT2D eigenvalue weighted by Crippen LogP contribution is -2.31. The van der Waals surface area contributed by atoms with Gasteiger partial charge in [0.2, 0.25) is 5.91 Å². The fourth-order valence-electron chi connectivity index (χ4n) is 5.38. The normalized spacial score (nSPS) is 11.6. The van der Waals surface area contributed by atoms with Crippen molar-refractivity contribution >= 4 is 50.0 Å². The standard InChI is InChI=1S/C35H44N4O6S2/c1-7-10-18-45-35(42)37-47(43,44)34-29(21-28(46-34)19-23(4)5)26-14-12-25(13-15-26)22-39-32(11-8-2)36-31-17-16-27(20-30(31)33(39)41)38(9-3)24(6)40/h12-17,20-21,23H,7-11,18-19,22H2,1-6H3,(H,37,42). The van der Waals surface area contributed by atoms with E-state index in [4.69, 9.17) is 9.72 Å². The zero-order valence-corrected chi connectivity index (χ0v) is 29.6. The second-order valence-corrected chi connectivity index (χ2v) is 15.0. The summed E-state index contributed by atoms with van der Waals surface area (Å²) in [6, 6.07) is 14.6. The number of ether oxygens (including phenoxy) is 1. The van der Waals surface area contributed by atoms with Crippen molar-refractivity contribution in [3.63, 3.8) is 0 Å². The van der Waals surface area contributed by atoms with E-state index < -0.39 is 16.1 Å². The van der Waals surface area contributed by atoms with Crippen molar-refractivity contribution in [1.29, 1.82) is 0 Å². The van der Waals surface area contributed by atoms with E-state index in [1.54, 1.807) is 21.6 Å². The van der Waals surface area contributed by atoms with E-state index in [0.717, 1.165) is 34.6 Å². The molecule has 4 rings (SSSR count). The number of hydrogen-bond acceptors (Lipinski definition) is 8. The molecule has 0 fully saturated rings. The van der Waals surface area contributed by atoms with Gasteiger partial charge in [-0.1, -0.05) is 58.4 Å². The molecular weight excluding hydrogens is 637 g/mol. The molecule has 0 saturated heterocycles. The summed E-state index contributed by atoms with van der Waals surface area (Å²) < 4.78 is 35.6. The number of carbonyl (C=O) groups is 2. The van der Waals surface area contributed by atoms with Crippen LogP contribution in [-0.4, -0.2) is 43.1 Å². The lowest BCUT2D eigenvalue weighted by molar-refractivity contribution is -0.116. The van der Waals surface area contributed by atoms with E-state index >= 15 is 0 Å². The van der Waals surface area contributed by atoms with Crippen LogP contribution >= 0.6 is 11.3 Å². The van der Waals surface area contributed by atoms with Crippen molar-refractivity contribution in [2.45, 2.75) is 84.4 Å². The van der Waals surface area contributed by atoms with Gasteiger partial charge in [0.1, 0.15) is 10.0 Å². The molecule has 0 spiro atoms. The van der Waals surface area contributed by atoms with Gasteiger partial charge < -0.3 is 9.64 Å². The highest BCUT2D eigenvalue weighted by molar-refractivity contribution is 7.92. The first-order chi connectivity index (χ1) is 22.4. The van der Waals surface area contributed by atoms with Crippen LogP contribution in [0.5, 0.6) is 0 Å². The molecule has 252 valence electrons. The number of nitrogens with zero attached hydrogens (tertiary/aromatic N) is 3. The van der Waals surface area contributed by atoms with Gasteiger partial charge in [-0.05, 0) is 67.5 Å². The molecule has 0 saturated carbocycles. The maximum Gasteiger partial charge on any atom is 0.421 e. The fraction of sp³-hybridized carbons (Fsp3) is 0.429. The van der Waals surface area contributed by atoms with Crippen molar-refractivity contribution in [2.24, 2.45) is 5.92 Å². The molecule has 0 unspecified atom stereocenters. The van der Waals surface area contributed by atoms with E-state index in [1.165, 1.54) is 6.92 Å². The highest BCUT2D eigenvalue weighted by Gasteiger charge is 2.26. The Morgan fingerprint density at radius 1 is 1.04 bits per heavy atom. The summed E-state index contributed by atoms with van der Waals surface area (Å²) in [6.07, 6.45) is 2.57. The third-order valence-corrected chi connectivity index (χ3v) is 10.7. The number of rotatable bonds is 14. The van der Waals surface area contributed by atoms with Gasteiger partial charge in [0.05, 0.1) is 24.1 Å². The summed E-state index contributed by atoms with van der Waals surface area (Å²) in [5.74, 6) is 0.867. The van der Waals surface area contributed by atoms with Gasteiger partial charge in [-0.25, -0.2) is 22.9 Å². The second kappa shape index (κ2) is 15.7. The van der Waals surface area contributed by atoms with Crippen LogP contribution in [0.1, 0.15) is 77.1 Å². The van der Waals surface area contributed by atoms with Crippen LogP contribution in [0.4, 0.5) is 10.5 Å². The predicted octanol–water partition coefficient (Wildman–Crippen LogP) is 6.91. The molecule has 10 nitrogen and oxygen atoms in total. The monoisotopic (exact) mass is 680 g/mol. The lowest BCUT2D eigenvalue weighted by atomic mass is 10.0. The summed E-state index contributed by atoms with van der Waals surface area (Å²) in [4.78, 5) is 45.6. The topological polar surface area (TPSA) is 128 Å². The second-order valence-electron chi connectivity index (χ2n) is 11.9. The van der Waals surface area contributed by atoms with Crippen molar-refractivity contribution < 1.29 is 22.7 Å². The van der Waals surface area contributed by atoms with Crippen LogP contribution in [0.15, 0.2) is 57.5 Å². The van der Waals surface area contributed by atoms with E-state index in [1.807, 2.05) is 57.2 Å². The Hall–Kier alpha value is -4.03. The van der Waals surface area contributed by atoms with Gasteiger partial charge in [0, 0.05) is 36.0 Å². The first kappa shape index (κ1) is 35.8. The molecule has 0 bridgehead atoms. The number of unbranched alkanes of at least 4 members (excludes halogenated alkanes) is 1. The van der Waals surface area contributed by atoms with Crippen molar-refractivity contribution in [2.75, 3.05) is 18.1 Å². The van der Waals surface area contributed by atoms with Gasteiger partial charge in [0.15, 0.2) is 0 Å². The first-order valence-electron chi connectivity index (χ1n) is 16.1. The number of carbonyl (C=O) groups excluding carboxylic acids is 2. The van der Waals surface area contributed by atoms with Gasteiger partial charge in [-0.2, -0.15) is 0 Å². The Morgan fingerprint density at radius 2 is 1.77 bits per heavy atom. The van der Waals surface area contributed by atoms with Crippen LogP contribution in [0, 0.1) is 5.92 Å². The number of benzene rings is 2. The smallest absolute Gasteiger partial charge is 0.421 e. The third kappa shape index (κ3) is 8.66. The highest BCUT2D eigenvalue weighted by atomic mass is 32.2. The van der Waals surface area contributed by atoms with Crippen LogP contribution in [-0.2, 0) is 38.9 Å². The Balaban J connectivity index is 1.70. The van der Waals surface area contributed by atoms with Crippen LogP contribution in [0.25, 0.3) is 22.0 Å². The minimum absolute atomic E-state index is 0.0519. The number of sulfonamides is 1. The van der Waals surface area contributed by atoms with Crippen molar-refractivity contribution in [3.05, 3.63) is 75.1 Å². The zero-order valence-electron chi connectivity index (χ0n) is 28.0. The van der Waals surface area contributed by atoms with Crippen molar-refractivity contribution in [1.82, 2.24) is 14.3 Å². The third-order valence-electron chi connectivity index (χ3n) is 7.66. The fourth-order valence-corrected chi connectivity index (χ4v) is 8.22. The number of aromatic nitrogens is 2. The molecule has 2 amide bonds. The maximum absolute atomic E-state index is 13.9. The Labute approximate surface area is 280 Å². The van der Waals surface area contributed by atoms with E-state index in [0.29, 0.717) is 65.3 Å². The number of amides is 2. The first-order valence-corrected chi connectivity index (χ1v) is 18.4. The number of nitrogens with one attached hydrogen (secondary N) is 1. The minimum Gasteiger partial charge on any atom is -0.449 e. The molecule has 4 aromatic rings. The van der Waals surface area contributed by atoms with Gasteiger partial charge in [0.25, 0.3) is 15.6 Å². The molecule has 2 heterocycles. The molecule has 0 aliphatic heterocycles. The van der Waals surface area contributed by atoms with E-state index in [9.17, 15) is 22.8 Å². The quantitative estimate of drug-likeness (QED) is 0.143. The van der Waals surface area contributed by atoms with E-state index in [2.05, 4.69) is 18.6 Å². The largest absolute Gasteiger partial charge is 0.449 e. The molecule has 0 atom stereocenters. The summed E-state index contributed by atoms with van der Waals surface area (Å²) >= 11 is 1.15. The van der Waals surface area contributed by atoms with Crippen LogP contribution in [0.3, 0.4) is 0 Å². The molecule has 0 radical (unpaired) electrons.